The van der Waals surface area contributed by atoms with Gasteiger partial charge in [0.2, 0.25) is 5.91 Å². The van der Waals surface area contributed by atoms with Crippen molar-refractivity contribution in [3.8, 4) is 11.5 Å². The molecule has 0 aromatic heterocycles. The second-order valence-corrected chi connectivity index (χ2v) is 6.90. The molecule has 1 atom stereocenters. The summed E-state index contributed by atoms with van der Waals surface area (Å²) in [6, 6.07) is 23.3. The van der Waals surface area contributed by atoms with Gasteiger partial charge >= 0.3 is 0 Å². The predicted molar refractivity (Wildman–Crippen MR) is 102 cm³/mol. The van der Waals surface area contributed by atoms with Gasteiger partial charge in [-0.1, -0.05) is 48.5 Å². The Morgan fingerprint density at radius 3 is 2.42 bits per heavy atom. The van der Waals surface area contributed by atoms with E-state index in [0.717, 1.165) is 0 Å². The molecule has 0 spiro atoms. The van der Waals surface area contributed by atoms with Crippen LogP contribution in [0.25, 0.3) is 0 Å². The van der Waals surface area contributed by atoms with Crippen molar-refractivity contribution in [1.82, 2.24) is 0 Å². The summed E-state index contributed by atoms with van der Waals surface area (Å²) in [4.78, 5) is 14.2. The number of thioether (sulfide) groups is 1. The number of rotatable bonds is 4. The number of halogens is 1. The highest BCUT2D eigenvalue weighted by Crippen LogP contribution is 2.46. The van der Waals surface area contributed by atoms with E-state index < -0.39 is 5.37 Å². The van der Waals surface area contributed by atoms with Gasteiger partial charge in [0.1, 0.15) is 16.9 Å². The Balaban J connectivity index is 1.74. The van der Waals surface area contributed by atoms with Crippen molar-refractivity contribution in [2.45, 2.75) is 5.37 Å². The maximum absolute atomic E-state index is 14.3. The van der Waals surface area contributed by atoms with Crippen molar-refractivity contribution < 1.29 is 13.9 Å². The van der Waals surface area contributed by atoms with Gasteiger partial charge in [-0.2, -0.15) is 0 Å². The van der Waals surface area contributed by atoms with Gasteiger partial charge in [-0.3, -0.25) is 9.69 Å². The Morgan fingerprint density at radius 2 is 1.62 bits per heavy atom. The molecule has 1 aliphatic heterocycles. The quantitative estimate of drug-likeness (QED) is 0.620. The molecule has 1 aliphatic rings. The van der Waals surface area contributed by atoms with Crippen LogP contribution in [-0.4, -0.2) is 11.7 Å². The summed E-state index contributed by atoms with van der Waals surface area (Å²) in [6.45, 7) is 0. The smallest absolute Gasteiger partial charge is 0.238 e. The van der Waals surface area contributed by atoms with Crippen LogP contribution in [0.2, 0.25) is 0 Å². The van der Waals surface area contributed by atoms with Gasteiger partial charge in [0, 0.05) is 5.56 Å². The van der Waals surface area contributed by atoms with E-state index in [1.54, 1.807) is 23.1 Å². The lowest BCUT2D eigenvalue weighted by Crippen LogP contribution is -2.28. The zero-order valence-electron chi connectivity index (χ0n) is 13.8. The Labute approximate surface area is 155 Å². The molecule has 1 amide bonds. The normalized spacial score (nSPS) is 16.7. The highest BCUT2D eigenvalue weighted by atomic mass is 32.2. The number of ether oxygens (including phenoxy) is 1. The van der Waals surface area contributed by atoms with E-state index in [-0.39, 0.29) is 11.7 Å². The van der Waals surface area contributed by atoms with Crippen LogP contribution in [0.15, 0.2) is 78.9 Å². The number of para-hydroxylation sites is 3. The third kappa shape index (κ3) is 3.18. The van der Waals surface area contributed by atoms with Crippen LogP contribution in [0.5, 0.6) is 11.5 Å². The molecule has 1 saturated heterocycles. The van der Waals surface area contributed by atoms with Crippen LogP contribution in [0.4, 0.5) is 10.1 Å². The fourth-order valence-corrected chi connectivity index (χ4v) is 4.14. The molecule has 5 heteroatoms. The largest absolute Gasteiger partial charge is 0.455 e. The van der Waals surface area contributed by atoms with E-state index in [1.807, 2.05) is 54.6 Å². The molecule has 4 rings (SSSR count). The van der Waals surface area contributed by atoms with Gasteiger partial charge in [-0.15, -0.1) is 11.8 Å². The summed E-state index contributed by atoms with van der Waals surface area (Å²) in [5.41, 5.74) is 1.14. The molecule has 3 nitrogen and oxygen atoms in total. The zero-order chi connectivity index (χ0) is 17.9. The molecule has 0 N–H and O–H groups in total. The number of anilines is 1. The minimum Gasteiger partial charge on any atom is -0.455 e. The maximum atomic E-state index is 14.3. The average Bonchev–Trinajstić information content (AvgIpc) is 3.05. The van der Waals surface area contributed by atoms with Gasteiger partial charge in [0.05, 0.1) is 11.4 Å². The third-order valence-corrected chi connectivity index (χ3v) is 5.33. The summed E-state index contributed by atoms with van der Waals surface area (Å²) in [7, 11) is 0. The predicted octanol–water partition coefficient (Wildman–Crippen LogP) is 5.40. The average molecular weight is 365 g/mol. The van der Waals surface area contributed by atoms with Crippen molar-refractivity contribution in [2.24, 2.45) is 0 Å². The lowest BCUT2D eigenvalue weighted by molar-refractivity contribution is -0.115. The number of carbonyl (C=O) groups excluding carboxylic acids is 1. The van der Waals surface area contributed by atoms with Crippen molar-refractivity contribution >= 4 is 23.4 Å². The Kier molecular flexibility index (Phi) is 4.63. The van der Waals surface area contributed by atoms with Crippen LogP contribution in [0.1, 0.15) is 10.9 Å². The molecule has 1 heterocycles. The van der Waals surface area contributed by atoms with E-state index in [0.29, 0.717) is 28.5 Å². The molecular formula is C21H16FNO2S. The number of hydrogen-bond acceptors (Lipinski definition) is 3. The van der Waals surface area contributed by atoms with E-state index in [9.17, 15) is 9.18 Å². The third-order valence-electron chi connectivity index (χ3n) is 4.13. The Morgan fingerprint density at radius 1 is 0.923 bits per heavy atom. The van der Waals surface area contributed by atoms with E-state index in [4.69, 9.17) is 4.74 Å². The van der Waals surface area contributed by atoms with Crippen LogP contribution in [-0.2, 0) is 4.79 Å². The van der Waals surface area contributed by atoms with E-state index in [2.05, 4.69) is 0 Å². The Bertz CT molecular complexity index is 932. The van der Waals surface area contributed by atoms with E-state index >= 15 is 0 Å². The van der Waals surface area contributed by atoms with Crippen molar-refractivity contribution in [2.75, 3.05) is 10.7 Å². The van der Waals surface area contributed by atoms with Crippen LogP contribution >= 0.6 is 11.8 Å². The molecule has 130 valence electrons. The summed E-state index contributed by atoms with van der Waals surface area (Å²) < 4.78 is 20.3. The molecule has 0 bridgehead atoms. The minimum atomic E-state index is -0.413. The topological polar surface area (TPSA) is 29.5 Å². The SMILES string of the molecule is O=C1CS[C@H](c2ccccc2F)N1c1ccccc1Oc1ccccc1. The lowest BCUT2D eigenvalue weighted by atomic mass is 10.1. The summed E-state index contributed by atoms with van der Waals surface area (Å²) in [5.74, 6) is 1.18. The monoisotopic (exact) mass is 365 g/mol. The first-order valence-corrected chi connectivity index (χ1v) is 9.29. The fourth-order valence-electron chi connectivity index (χ4n) is 2.95. The highest BCUT2D eigenvalue weighted by Gasteiger charge is 2.36. The number of nitrogens with zero attached hydrogens (tertiary/aromatic N) is 1. The number of carbonyl (C=O) groups is 1. The minimum absolute atomic E-state index is 0.0626. The molecule has 1 fully saturated rings. The van der Waals surface area contributed by atoms with Gasteiger partial charge in [0.25, 0.3) is 0 Å². The van der Waals surface area contributed by atoms with Crippen LogP contribution in [0.3, 0.4) is 0 Å². The maximum Gasteiger partial charge on any atom is 0.238 e. The second-order valence-electron chi connectivity index (χ2n) is 5.83. The fraction of sp³-hybridized carbons (Fsp3) is 0.0952. The van der Waals surface area contributed by atoms with Gasteiger partial charge in [-0.25, -0.2) is 4.39 Å². The molecule has 3 aromatic carbocycles. The second kappa shape index (κ2) is 7.22. The first kappa shape index (κ1) is 16.7. The standard InChI is InChI=1S/C21H16FNO2S/c22-17-11-5-4-10-16(17)21-23(20(24)14-26-21)18-12-6-7-13-19(18)25-15-8-2-1-3-9-15/h1-13,21H,14H2/t21-/m1/s1. The molecule has 26 heavy (non-hydrogen) atoms. The number of hydrogen-bond donors (Lipinski definition) is 0. The summed E-state index contributed by atoms with van der Waals surface area (Å²) in [5, 5.41) is -0.413. The molecule has 0 aliphatic carbocycles. The number of benzene rings is 3. The Hall–Kier alpha value is -2.79. The van der Waals surface area contributed by atoms with Gasteiger partial charge < -0.3 is 4.74 Å². The van der Waals surface area contributed by atoms with Crippen molar-refractivity contribution in [3.63, 3.8) is 0 Å². The van der Waals surface area contributed by atoms with Gasteiger partial charge in [0.15, 0.2) is 5.75 Å². The molecule has 0 unspecified atom stereocenters. The first-order chi connectivity index (χ1) is 12.7. The molecule has 0 radical (unpaired) electrons. The first-order valence-electron chi connectivity index (χ1n) is 8.24. The lowest BCUT2D eigenvalue weighted by Gasteiger charge is -2.26. The zero-order valence-corrected chi connectivity index (χ0v) is 14.7. The van der Waals surface area contributed by atoms with Crippen LogP contribution < -0.4 is 9.64 Å². The molecular weight excluding hydrogens is 349 g/mol. The van der Waals surface area contributed by atoms with Crippen LogP contribution in [0, 0.1) is 5.82 Å². The van der Waals surface area contributed by atoms with Crippen molar-refractivity contribution in [3.05, 3.63) is 90.2 Å². The van der Waals surface area contributed by atoms with Gasteiger partial charge in [-0.05, 0) is 30.3 Å². The molecule has 0 saturated carbocycles. The highest BCUT2D eigenvalue weighted by molar-refractivity contribution is 8.00. The summed E-state index contributed by atoms with van der Waals surface area (Å²) >= 11 is 1.42. The van der Waals surface area contributed by atoms with Crippen molar-refractivity contribution in [1.29, 1.82) is 0 Å². The number of amides is 1. The van der Waals surface area contributed by atoms with E-state index in [1.165, 1.54) is 17.8 Å². The summed E-state index contributed by atoms with van der Waals surface area (Å²) in [6.07, 6.45) is 0. The molecule has 3 aromatic rings.